The molecule has 4 atom stereocenters. The Morgan fingerprint density at radius 3 is 2.95 bits per heavy atom. The fourth-order valence-electron chi connectivity index (χ4n) is 5.95. The highest BCUT2D eigenvalue weighted by atomic mass is 19.1. The average Bonchev–Trinajstić information content (AvgIpc) is 3.38. The maximum atomic E-state index is 14.3. The molecule has 3 aliphatic rings. The number of carboxylic acids is 1. The second-order valence-corrected chi connectivity index (χ2v) is 10.6. The van der Waals surface area contributed by atoms with Crippen molar-refractivity contribution in [1.82, 2.24) is 10.2 Å². The number of rotatable bonds is 12. The summed E-state index contributed by atoms with van der Waals surface area (Å²) in [5.41, 5.74) is 2.51. The number of nitrogens with zero attached hydrogens (tertiary/aromatic N) is 2. The lowest BCUT2D eigenvalue weighted by molar-refractivity contribution is -0.143. The van der Waals surface area contributed by atoms with E-state index in [0.717, 1.165) is 69.2 Å². The van der Waals surface area contributed by atoms with Crippen LogP contribution in [-0.4, -0.2) is 61.1 Å². The monoisotopic (exact) mass is 527 g/mol. The molecule has 0 saturated carbocycles. The molecular formula is C30H42FN3O4. The van der Waals surface area contributed by atoms with Crippen LogP contribution in [0.2, 0.25) is 0 Å². The number of carbonyl (C=O) groups is 1. The Bertz CT molecular complexity index is 1020. The molecule has 8 heteroatoms. The van der Waals surface area contributed by atoms with Gasteiger partial charge in [0.1, 0.15) is 17.7 Å². The average molecular weight is 528 g/mol. The molecule has 2 saturated heterocycles. The van der Waals surface area contributed by atoms with Crippen LogP contribution in [0.25, 0.3) is 0 Å². The lowest BCUT2D eigenvalue weighted by Crippen LogP contribution is -2.34. The largest absolute Gasteiger partial charge is 0.480 e. The molecule has 0 spiro atoms. The SMILES string of the molecule is C=NC1=C(/C=C\C)CC[C@H](CCCCO[C@@H]2CCN([C@H](C(=O)O)c3cc(F)ccc3[C@@H]3CCCCO3)C2)N1. The maximum Gasteiger partial charge on any atom is 0.325 e. The molecule has 0 unspecified atom stereocenters. The first-order valence-corrected chi connectivity index (χ1v) is 14.1. The van der Waals surface area contributed by atoms with Gasteiger partial charge >= 0.3 is 5.97 Å². The molecule has 3 aliphatic heterocycles. The van der Waals surface area contributed by atoms with Crippen LogP contribution in [0.4, 0.5) is 4.39 Å². The standard InChI is InChI=1S/C30H42FN3O4/c1-3-8-21-11-13-23(33-29(21)32-2)9-4-6-17-37-24-15-16-34(20-24)28(30(35)36)26-19-22(31)12-14-25(26)27-10-5-7-18-38-27/h3,8,12,14,19,23-24,27-28,33H,2,4-7,9-11,13,15-18,20H2,1H3,(H,35,36)/b8-3-/t23-,24+,27-,28-/m0/s1. The minimum absolute atomic E-state index is 0.0181. The number of hydrogen-bond acceptors (Lipinski definition) is 6. The summed E-state index contributed by atoms with van der Waals surface area (Å²) in [6, 6.07) is 3.97. The predicted octanol–water partition coefficient (Wildman–Crippen LogP) is 5.69. The Balaban J connectivity index is 1.27. The van der Waals surface area contributed by atoms with Crippen LogP contribution in [0, 0.1) is 5.82 Å². The van der Waals surface area contributed by atoms with Crippen molar-refractivity contribution in [3.05, 3.63) is 58.7 Å². The summed E-state index contributed by atoms with van der Waals surface area (Å²) in [5, 5.41) is 13.7. The van der Waals surface area contributed by atoms with E-state index < -0.39 is 17.8 Å². The quantitative estimate of drug-likeness (QED) is 0.268. The zero-order chi connectivity index (χ0) is 26.9. The lowest BCUT2D eigenvalue weighted by atomic mass is 9.92. The third-order valence-corrected chi connectivity index (χ3v) is 7.88. The van der Waals surface area contributed by atoms with Gasteiger partial charge in [-0.3, -0.25) is 9.69 Å². The van der Waals surface area contributed by atoms with Gasteiger partial charge in [0, 0.05) is 32.3 Å². The summed E-state index contributed by atoms with van der Waals surface area (Å²) < 4.78 is 26.4. The lowest BCUT2D eigenvalue weighted by Gasteiger charge is -2.30. The van der Waals surface area contributed by atoms with E-state index in [1.54, 1.807) is 6.07 Å². The Labute approximate surface area is 225 Å². The molecule has 0 bridgehead atoms. The summed E-state index contributed by atoms with van der Waals surface area (Å²) in [6.45, 7) is 8.13. The highest BCUT2D eigenvalue weighted by Crippen LogP contribution is 2.36. The van der Waals surface area contributed by atoms with Crippen molar-refractivity contribution in [1.29, 1.82) is 0 Å². The highest BCUT2D eigenvalue weighted by molar-refractivity contribution is 5.76. The van der Waals surface area contributed by atoms with Crippen LogP contribution >= 0.6 is 0 Å². The predicted molar refractivity (Wildman–Crippen MR) is 147 cm³/mol. The van der Waals surface area contributed by atoms with E-state index in [0.29, 0.717) is 37.9 Å². The zero-order valence-electron chi connectivity index (χ0n) is 22.5. The second-order valence-electron chi connectivity index (χ2n) is 10.6. The number of hydrogen-bond donors (Lipinski definition) is 2. The first-order chi connectivity index (χ1) is 18.5. The van der Waals surface area contributed by atoms with Gasteiger partial charge in [-0.15, -0.1) is 0 Å². The van der Waals surface area contributed by atoms with E-state index in [9.17, 15) is 14.3 Å². The molecule has 0 radical (unpaired) electrons. The van der Waals surface area contributed by atoms with Gasteiger partial charge in [0.2, 0.25) is 0 Å². The molecule has 7 nitrogen and oxygen atoms in total. The smallest absolute Gasteiger partial charge is 0.325 e. The molecule has 0 aromatic heterocycles. The van der Waals surface area contributed by atoms with E-state index in [2.05, 4.69) is 23.1 Å². The number of halogens is 1. The van der Waals surface area contributed by atoms with Crippen LogP contribution < -0.4 is 5.32 Å². The van der Waals surface area contributed by atoms with E-state index in [1.807, 2.05) is 17.9 Å². The van der Waals surface area contributed by atoms with Gasteiger partial charge < -0.3 is 19.9 Å². The van der Waals surface area contributed by atoms with Gasteiger partial charge in [-0.05, 0) is 100 Å². The fraction of sp³-hybridized carbons (Fsp3) is 0.600. The van der Waals surface area contributed by atoms with Crippen LogP contribution in [0.5, 0.6) is 0 Å². The van der Waals surface area contributed by atoms with E-state index in [4.69, 9.17) is 9.47 Å². The number of likely N-dealkylation sites (tertiary alicyclic amines) is 1. The molecule has 4 rings (SSSR count). The molecule has 1 aromatic rings. The molecular weight excluding hydrogens is 485 g/mol. The Morgan fingerprint density at radius 1 is 1.34 bits per heavy atom. The van der Waals surface area contributed by atoms with Gasteiger partial charge in [0.05, 0.1) is 12.2 Å². The first kappa shape index (κ1) is 28.5. The van der Waals surface area contributed by atoms with Crippen molar-refractivity contribution < 1.29 is 23.8 Å². The topological polar surface area (TPSA) is 83.4 Å². The molecule has 3 heterocycles. The molecule has 0 amide bonds. The number of allylic oxidation sites excluding steroid dienone is 3. The van der Waals surface area contributed by atoms with Crippen LogP contribution in [0.3, 0.4) is 0 Å². The molecule has 2 fully saturated rings. The minimum Gasteiger partial charge on any atom is -0.480 e. The van der Waals surface area contributed by atoms with Crippen molar-refractivity contribution in [3.63, 3.8) is 0 Å². The van der Waals surface area contributed by atoms with Gasteiger partial charge in [0.15, 0.2) is 0 Å². The Hall–Kier alpha value is -2.55. The van der Waals surface area contributed by atoms with Gasteiger partial charge in [0.25, 0.3) is 0 Å². The second kappa shape index (κ2) is 14.0. The Morgan fingerprint density at radius 2 is 2.21 bits per heavy atom. The van der Waals surface area contributed by atoms with Crippen molar-refractivity contribution >= 4 is 12.7 Å². The van der Waals surface area contributed by atoms with Gasteiger partial charge in [-0.25, -0.2) is 9.38 Å². The summed E-state index contributed by atoms with van der Waals surface area (Å²) in [5.74, 6) is -0.491. The third-order valence-electron chi connectivity index (χ3n) is 7.88. The number of carboxylic acid groups (broad SMARTS) is 1. The normalized spacial score (nSPS) is 25.5. The number of aliphatic carboxylic acids is 1. The maximum absolute atomic E-state index is 14.3. The minimum atomic E-state index is -0.965. The van der Waals surface area contributed by atoms with Crippen molar-refractivity contribution in [2.24, 2.45) is 4.99 Å². The zero-order valence-corrected chi connectivity index (χ0v) is 22.5. The van der Waals surface area contributed by atoms with Crippen molar-refractivity contribution in [2.45, 2.75) is 89.0 Å². The molecule has 208 valence electrons. The number of aliphatic imine (C=N–C) groups is 1. The summed E-state index contributed by atoms with van der Waals surface area (Å²) in [7, 11) is 0. The van der Waals surface area contributed by atoms with Crippen LogP contribution in [0.1, 0.15) is 88.0 Å². The van der Waals surface area contributed by atoms with E-state index in [-0.39, 0.29) is 12.2 Å². The van der Waals surface area contributed by atoms with Gasteiger partial charge in [-0.2, -0.15) is 0 Å². The van der Waals surface area contributed by atoms with Crippen molar-refractivity contribution in [3.8, 4) is 0 Å². The highest BCUT2D eigenvalue weighted by Gasteiger charge is 2.36. The van der Waals surface area contributed by atoms with Crippen LogP contribution in [-0.2, 0) is 14.3 Å². The third kappa shape index (κ3) is 7.30. The number of nitrogens with one attached hydrogen (secondary N) is 1. The van der Waals surface area contributed by atoms with E-state index >= 15 is 0 Å². The van der Waals surface area contributed by atoms with Gasteiger partial charge in [-0.1, -0.05) is 18.2 Å². The fourth-order valence-corrected chi connectivity index (χ4v) is 5.95. The molecule has 1 aromatic carbocycles. The number of benzene rings is 1. The molecule has 2 N–H and O–H groups in total. The van der Waals surface area contributed by atoms with Crippen LogP contribution in [0.15, 0.2) is 46.7 Å². The summed E-state index contributed by atoms with van der Waals surface area (Å²) in [4.78, 5) is 18.5. The number of ether oxygens (including phenoxy) is 2. The number of unbranched alkanes of at least 4 members (excludes halogenated alkanes) is 1. The first-order valence-electron chi connectivity index (χ1n) is 14.1. The van der Waals surface area contributed by atoms with Crippen molar-refractivity contribution in [2.75, 3.05) is 26.3 Å². The molecule has 38 heavy (non-hydrogen) atoms. The van der Waals surface area contributed by atoms with E-state index in [1.165, 1.54) is 17.7 Å². The Kier molecular flexibility index (Phi) is 10.5. The summed E-state index contributed by atoms with van der Waals surface area (Å²) >= 11 is 0. The summed E-state index contributed by atoms with van der Waals surface area (Å²) in [6.07, 6.45) is 12.7. The molecule has 0 aliphatic carbocycles.